The van der Waals surface area contributed by atoms with Gasteiger partial charge in [-0.05, 0) is 19.1 Å². The van der Waals surface area contributed by atoms with Crippen molar-refractivity contribution in [1.29, 1.82) is 0 Å². The van der Waals surface area contributed by atoms with E-state index in [-0.39, 0.29) is 17.1 Å². The number of aromatic amines is 1. The molecule has 88 valence electrons. The molecule has 1 atom stereocenters. The maximum atomic E-state index is 12.2. The summed E-state index contributed by atoms with van der Waals surface area (Å²) >= 11 is 0. The summed E-state index contributed by atoms with van der Waals surface area (Å²) < 4.78 is 5.90. The molecule has 3 heteroatoms. The summed E-state index contributed by atoms with van der Waals surface area (Å²) in [5.41, 5.74) is 1.32. The summed E-state index contributed by atoms with van der Waals surface area (Å²) in [4.78, 5) is 15.1. The van der Waals surface area contributed by atoms with Gasteiger partial charge in [-0.3, -0.25) is 4.79 Å². The first-order valence-corrected chi connectivity index (χ1v) is 5.84. The van der Waals surface area contributed by atoms with Gasteiger partial charge in [0, 0.05) is 10.8 Å². The molecular weight excluding hydrogens is 214 g/mol. The molecule has 0 spiro atoms. The number of H-pyrrole nitrogens is 1. The highest BCUT2D eigenvalue weighted by atomic mass is 16.5. The van der Waals surface area contributed by atoms with Crippen LogP contribution in [0, 0.1) is 0 Å². The molecule has 3 rings (SSSR count). The van der Waals surface area contributed by atoms with Crippen LogP contribution >= 0.6 is 0 Å². The molecule has 1 aliphatic heterocycles. The van der Waals surface area contributed by atoms with Crippen LogP contribution in [0.1, 0.15) is 26.3 Å². The second-order valence-electron chi connectivity index (χ2n) is 5.19. The molecule has 0 saturated carbocycles. The van der Waals surface area contributed by atoms with Crippen LogP contribution in [-0.2, 0) is 5.41 Å². The first-order valence-electron chi connectivity index (χ1n) is 5.84. The summed E-state index contributed by atoms with van der Waals surface area (Å²) in [6, 6.07) is 7.75. The molecule has 1 aromatic carbocycles. The highest BCUT2D eigenvalue weighted by Gasteiger charge is 2.42. The van der Waals surface area contributed by atoms with Gasteiger partial charge < -0.3 is 9.72 Å². The minimum absolute atomic E-state index is 0.0180. The van der Waals surface area contributed by atoms with E-state index < -0.39 is 0 Å². The molecule has 0 bridgehead atoms. The van der Waals surface area contributed by atoms with E-state index in [0.29, 0.717) is 0 Å². The number of para-hydroxylation sites is 1. The molecule has 0 radical (unpaired) electrons. The SMILES string of the molecule is C[C@H]1Oc2c(c(=O)[nH]c3ccccc23)C1(C)C. The number of ether oxygens (including phenoxy) is 1. The topological polar surface area (TPSA) is 42.1 Å². The third kappa shape index (κ3) is 1.25. The Morgan fingerprint density at radius 1 is 1.29 bits per heavy atom. The highest BCUT2D eigenvalue weighted by Crippen LogP contribution is 2.43. The first kappa shape index (κ1) is 10.4. The van der Waals surface area contributed by atoms with E-state index in [1.54, 1.807) is 0 Å². The zero-order valence-corrected chi connectivity index (χ0v) is 10.2. The van der Waals surface area contributed by atoms with Crippen LogP contribution < -0.4 is 10.3 Å². The second kappa shape index (κ2) is 3.13. The lowest BCUT2D eigenvalue weighted by Gasteiger charge is -2.21. The number of aromatic nitrogens is 1. The van der Waals surface area contributed by atoms with E-state index in [4.69, 9.17) is 4.74 Å². The molecule has 3 nitrogen and oxygen atoms in total. The van der Waals surface area contributed by atoms with Crippen LogP contribution in [0.15, 0.2) is 29.1 Å². The maximum absolute atomic E-state index is 12.2. The summed E-state index contributed by atoms with van der Waals surface area (Å²) in [5.74, 6) is 0.752. The maximum Gasteiger partial charge on any atom is 0.256 e. The van der Waals surface area contributed by atoms with E-state index in [2.05, 4.69) is 4.98 Å². The standard InChI is InChI=1S/C14H15NO2/c1-8-14(2,3)11-12(17-8)9-6-4-5-7-10(9)15-13(11)16/h4-8H,1-3H3,(H,15,16)/t8-/m1/s1. The van der Waals surface area contributed by atoms with Crippen molar-refractivity contribution in [3.05, 3.63) is 40.2 Å². The Hall–Kier alpha value is -1.77. The second-order valence-corrected chi connectivity index (χ2v) is 5.19. The predicted molar refractivity (Wildman–Crippen MR) is 67.7 cm³/mol. The van der Waals surface area contributed by atoms with E-state index in [9.17, 15) is 4.79 Å². The summed E-state index contributed by atoms with van der Waals surface area (Å²) in [5, 5.41) is 0.986. The van der Waals surface area contributed by atoms with Gasteiger partial charge >= 0.3 is 0 Å². The number of rotatable bonds is 0. The van der Waals surface area contributed by atoms with Crippen LogP contribution in [0.2, 0.25) is 0 Å². The van der Waals surface area contributed by atoms with Gasteiger partial charge in [0.2, 0.25) is 0 Å². The lowest BCUT2D eigenvalue weighted by molar-refractivity contribution is 0.187. The number of hydrogen-bond donors (Lipinski definition) is 1. The summed E-state index contributed by atoms with van der Waals surface area (Å²) in [6.07, 6.45) is 0.0180. The highest BCUT2D eigenvalue weighted by molar-refractivity contribution is 5.87. The minimum Gasteiger partial charge on any atom is -0.489 e. The third-order valence-electron chi connectivity index (χ3n) is 3.83. The molecule has 0 amide bonds. The van der Waals surface area contributed by atoms with Gasteiger partial charge in [0.15, 0.2) is 0 Å². The van der Waals surface area contributed by atoms with Crippen molar-refractivity contribution in [3.8, 4) is 5.75 Å². The molecule has 17 heavy (non-hydrogen) atoms. The normalized spacial score (nSPS) is 21.2. The van der Waals surface area contributed by atoms with Crippen LogP contribution in [0.5, 0.6) is 5.75 Å². The monoisotopic (exact) mass is 229 g/mol. The lowest BCUT2D eigenvalue weighted by atomic mass is 9.82. The molecule has 1 N–H and O–H groups in total. The van der Waals surface area contributed by atoms with Crippen LogP contribution in [0.25, 0.3) is 10.9 Å². The number of fused-ring (bicyclic) bond motifs is 3. The fourth-order valence-electron chi connectivity index (χ4n) is 2.45. The van der Waals surface area contributed by atoms with Crippen molar-refractivity contribution in [1.82, 2.24) is 4.98 Å². The first-order chi connectivity index (χ1) is 8.01. The van der Waals surface area contributed by atoms with Crippen LogP contribution in [0.3, 0.4) is 0 Å². The summed E-state index contributed by atoms with van der Waals surface area (Å²) in [6.45, 7) is 6.11. The molecule has 2 heterocycles. The van der Waals surface area contributed by atoms with Crippen molar-refractivity contribution < 1.29 is 4.74 Å². The van der Waals surface area contributed by atoms with Crippen LogP contribution in [0.4, 0.5) is 0 Å². The Kier molecular flexibility index (Phi) is 1.91. The molecule has 2 aromatic rings. The van der Waals surface area contributed by atoms with Crippen molar-refractivity contribution in [2.75, 3.05) is 0 Å². The number of hydrogen-bond acceptors (Lipinski definition) is 2. The zero-order chi connectivity index (χ0) is 12.2. The Bertz CT molecular complexity index is 655. The van der Waals surface area contributed by atoms with Crippen molar-refractivity contribution in [2.45, 2.75) is 32.3 Å². The number of pyridine rings is 1. The Morgan fingerprint density at radius 3 is 2.76 bits per heavy atom. The fourth-order valence-corrected chi connectivity index (χ4v) is 2.45. The van der Waals surface area contributed by atoms with E-state index in [0.717, 1.165) is 22.2 Å². The molecule has 0 aliphatic carbocycles. The Morgan fingerprint density at radius 2 is 2.00 bits per heavy atom. The van der Waals surface area contributed by atoms with Gasteiger partial charge in [0.25, 0.3) is 5.56 Å². The van der Waals surface area contributed by atoms with Gasteiger partial charge in [-0.1, -0.05) is 26.0 Å². The zero-order valence-electron chi connectivity index (χ0n) is 10.2. The molecule has 0 unspecified atom stereocenters. The molecule has 0 saturated heterocycles. The predicted octanol–water partition coefficient (Wildman–Crippen LogP) is 2.59. The molecule has 0 fully saturated rings. The molecule has 1 aliphatic rings. The van der Waals surface area contributed by atoms with E-state index >= 15 is 0 Å². The lowest BCUT2D eigenvalue weighted by Crippen LogP contribution is -2.33. The average molecular weight is 229 g/mol. The fraction of sp³-hybridized carbons (Fsp3) is 0.357. The van der Waals surface area contributed by atoms with Gasteiger partial charge in [-0.2, -0.15) is 0 Å². The van der Waals surface area contributed by atoms with Gasteiger partial charge in [-0.15, -0.1) is 0 Å². The third-order valence-corrected chi connectivity index (χ3v) is 3.83. The summed E-state index contributed by atoms with van der Waals surface area (Å²) in [7, 11) is 0. The minimum atomic E-state index is -0.243. The van der Waals surface area contributed by atoms with Crippen molar-refractivity contribution in [2.24, 2.45) is 0 Å². The Labute approximate surface area is 99.4 Å². The van der Waals surface area contributed by atoms with Gasteiger partial charge in [0.1, 0.15) is 11.9 Å². The van der Waals surface area contributed by atoms with E-state index in [1.807, 2.05) is 45.0 Å². The van der Waals surface area contributed by atoms with E-state index in [1.165, 1.54) is 0 Å². The van der Waals surface area contributed by atoms with Crippen molar-refractivity contribution >= 4 is 10.9 Å². The number of nitrogens with one attached hydrogen (secondary N) is 1. The smallest absolute Gasteiger partial charge is 0.256 e. The van der Waals surface area contributed by atoms with Gasteiger partial charge in [0.05, 0.1) is 11.1 Å². The van der Waals surface area contributed by atoms with Gasteiger partial charge in [-0.25, -0.2) is 0 Å². The van der Waals surface area contributed by atoms with Crippen molar-refractivity contribution in [3.63, 3.8) is 0 Å². The average Bonchev–Trinajstić information content (AvgIpc) is 2.51. The van der Waals surface area contributed by atoms with Crippen LogP contribution in [-0.4, -0.2) is 11.1 Å². The number of benzene rings is 1. The largest absolute Gasteiger partial charge is 0.489 e. The quantitative estimate of drug-likeness (QED) is 0.754. The Balaban J connectivity index is 2.47. The molecule has 1 aromatic heterocycles. The molecular formula is C14H15NO2.